The molecule has 7 nitrogen and oxygen atoms in total. The summed E-state index contributed by atoms with van der Waals surface area (Å²) in [4.78, 5) is 15.0. The Morgan fingerprint density at radius 1 is 1.41 bits per heavy atom. The summed E-state index contributed by atoms with van der Waals surface area (Å²) in [5.41, 5.74) is 2.70. The summed E-state index contributed by atoms with van der Waals surface area (Å²) in [6, 6.07) is 3.79. The van der Waals surface area contributed by atoms with Crippen molar-refractivity contribution >= 4 is 29.1 Å². The minimum Gasteiger partial charge on any atom is -0.489 e. The van der Waals surface area contributed by atoms with Crippen molar-refractivity contribution in [3.05, 3.63) is 45.7 Å². The Balaban J connectivity index is 1.60. The molecule has 1 amide bonds. The second-order valence-corrected chi connectivity index (χ2v) is 8.89. The largest absolute Gasteiger partial charge is 0.489 e. The summed E-state index contributed by atoms with van der Waals surface area (Å²) in [5, 5.41) is 14.5. The molecule has 4 rings (SSSR count). The molecule has 0 saturated carbocycles. The number of hydrogen-bond acceptors (Lipinski definition) is 5. The van der Waals surface area contributed by atoms with Crippen LogP contribution in [0, 0.1) is 11.3 Å². The fourth-order valence-electron chi connectivity index (χ4n) is 4.52. The first-order valence-corrected chi connectivity index (χ1v) is 11.8. The molecule has 1 aliphatic heterocycles. The lowest BCUT2D eigenvalue weighted by Gasteiger charge is -2.34. The number of aromatic nitrogens is 2. The van der Waals surface area contributed by atoms with Gasteiger partial charge in [0, 0.05) is 19.9 Å². The number of rotatable bonds is 6. The molecule has 0 spiro atoms. The minimum absolute atomic E-state index is 0.116. The summed E-state index contributed by atoms with van der Waals surface area (Å²) in [7, 11) is 1.79. The van der Waals surface area contributed by atoms with Gasteiger partial charge in [0.2, 0.25) is 0 Å². The quantitative estimate of drug-likeness (QED) is 0.555. The van der Waals surface area contributed by atoms with Gasteiger partial charge in [-0.05, 0) is 55.7 Å². The van der Waals surface area contributed by atoms with Crippen LogP contribution in [0.2, 0.25) is 5.02 Å². The van der Waals surface area contributed by atoms with E-state index in [2.05, 4.69) is 11.2 Å². The lowest BCUT2D eigenvalue weighted by Crippen LogP contribution is -2.33. The Morgan fingerprint density at radius 3 is 2.97 bits per heavy atom. The Hall–Kier alpha value is -2.27. The number of nitriles is 1. The molecule has 2 aliphatic rings. The second-order valence-electron chi connectivity index (χ2n) is 8.14. The van der Waals surface area contributed by atoms with E-state index in [9.17, 15) is 10.1 Å². The van der Waals surface area contributed by atoms with E-state index in [1.54, 1.807) is 35.1 Å². The Bertz CT molecular complexity index is 1030. The fourth-order valence-corrected chi connectivity index (χ4v) is 4.96. The fraction of sp³-hybridized carbons (Fsp3) is 0.522. The number of carbonyl (C=O) groups is 1. The Kier molecular flexibility index (Phi) is 7.24. The summed E-state index contributed by atoms with van der Waals surface area (Å²) in [5.74, 6) is 0.552. The van der Waals surface area contributed by atoms with Gasteiger partial charge in [0.15, 0.2) is 5.75 Å². The average molecular weight is 477 g/mol. The molecule has 170 valence electrons. The first kappa shape index (κ1) is 22.9. The predicted octanol–water partition coefficient (Wildman–Crippen LogP) is 4.87. The van der Waals surface area contributed by atoms with Gasteiger partial charge < -0.3 is 14.4 Å². The molecule has 2 atom stereocenters. The number of benzene rings is 1. The second kappa shape index (κ2) is 10.1. The molecular weight excluding hydrogens is 451 g/mol. The summed E-state index contributed by atoms with van der Waals surface area (Å²) in [6.45, 7) is 0.983. The number of carbonyl (C=O) groups excluding carboxylic acids is 1. The number of fused-ring (bicyclic) bond motifs is 1. The van der Waals surface area contributed by atoms with Crippen LogP contribution in [-0.4, -0.2) is 46.7 Å². The number of alkyl halides is 1. The van der Waals surface area contributed by atoms with Crippen LogP contribution in [0.5, 0.6) is 5.75 Å². The predicted molar refractivity (Wildman–Crippen MR) is 121 cm³/mol. The third-order valence-corrected chi connectivity index (χ3v) is 6.71. The van der Waals surface area contributed by atoms with Crippen molar-refractivity contribution in [1.29, 1.82) is 5.26 Å². The van der Waals surface area contributed by atoms with Gasteiger partial charge in [-0.25, -0.2) is 4.68 Å². The molecule has 2 heterocycles. The number of halogens is 2. The van der Waals surface area contributed by atoms with Crippen molar-refractivity contribution in [3.63, 3.8) is 0 Å². The molecule has 0 N–H and O–H groups in total. The van der Waals surface area contributed by atoms with Crippen LogP contribution < -0.4 is 4.74 Å². The van der Waals surface area contributed by atoms with Crippen molar-refractivity contribution in [2.45, 2.75) is 50.8 Å². The van der Waals surface area contributed by atoms with Gasteiger partial charge in [-0.3, -0.25) is 4.79 Å². The Morgan fingerprint density at radius 2 is 2.25 bits per heavy atom. The van der Waals surface area contributed by atoms with Gasteiger partial charge in [0.1, 0.15) is 18.9 Å². The zero-order valence-electron chi connectivity index (χ0n) is 18.0. The molecule has 1 aromatic carbocycles. The average Bonchev–Trinajstić information content (AvgIpc) is 3.33. The SMILES string of the molecule is CN(C(=O)c1cnn(C2CCCCO2)c1)C1CCCc2c1cc(C#N)c(OCCCl)c2Cl. The van der Waals surface area contributed by atoms with Crippen LogP contribution in [0.15, 0.2) is 18.5 Å². The maximum Gasteiger partial charge on any atom is 0.257 e. The number of ether oxygens (including phenoxy) is 2. The lowest BCUT2D eigenvalue weighted by atomic mass is 9.85. The number of nitrogens with zero attached hydrogens (tertiary/aromatic N) is 4. The van der Waals surface area contributed by atoms with Crippen molar-refractivity contribution < 1.29 is 14.3 Å². The summed E-state index contributed by atoms with van der Waals surface area (Å²) in [6.07, 6.45) is 8.71. The highest BCUT2D eigenvalue weighted by Gasteiger charge is 2.32. The first-order chi connectivity index (χ1) is 15.5. The third kappa shape index (κ3) is 4.45. The van der Waals surface area contributed by atoms with E-state index in [1.807, 2.05) is 0 Å². The van der Waals surface area contributed by atoms with Gasteiger partial charge in [0.05, 0.1) is 34.3 Å². The van der Waals surface area contributed by atoms with Crippen LogP contribution in [-0.2, 0) is 11.2 Å². The molecular formula is C23H26Cl2N4O3. The normalized spacial score (nSPS) is 20.3. The number of hydrogen-bond donors (Lipinski definition) is 0. The van der Waals surface area contributed by atoms with Crippen molar-refractivity contribution in [2.24, 2.45) is 0 Å². The Labute approximate surface area is 197 Å². The molecule has 0 bridgehead atoms. The van der Waals surface area contributed by atoms with Gasteiger partial charge in [-0.15, -0.1) is 11.6 Å². The van der Waals surface area contributed by atoms with E-state index in [0.717, 1.165) is 49.7 Å². The maximum atomic E-state index is 13.3. The molecule has 2 aromatic rings. The standard InChI is InChI=1S/C23H26Cl2N4O3/c1-28(23(30)16-13-27-29(14-16)20-7-2-3-9-31-20)19-6-4-5-17-18(19)11-15(12-26)22(21(17)25)32-10-8-24/h11,13-14,19-20H,2-10H2,1H3. The molecule has 1 aliphatic carbocycles. The third-order valence-electron chi connectivity index (χ3n) is 6.15. The zero-order valence-corrected chi connectivity index (χ0v) is 19.5. The molecule has 2 unspecified atom stereocenters. The van der Waals surface area contributed by atoms with E-state index in [0.29, 0.717) is 34.4 Å². The zero-order chi connectivity index (χ0) is 22.7. The van der Waals surface area contributed by atoms with Crippen LogP contribution in [0.3, 0.4) is 0 Å². The van der Waals surface area contributed by atoms with Crippen molar-refractivity contribution in [2.75, 3.05) is 26.1 Å². The lowest BCUT2D eigenvalue weighted by molar-refractivity contribution is -0.0395. The van der Waals surface area contributed by atoms with Crippen LogP contribution >= 0.6 is 23.2 Å². The topological polar surface area (TPSA) is 80.4 Å². The van der Waals surface area contributed by atoms with Gasteiger partial charge >= 0.3 is 0 Å². The number of amides is 1. The van der Waals surface area contributed by atoms with E-state index in [4.69, 9.17) is 32.7 Å². The monoisotopic (exact) mass is 476 g/mol. The molecule has 32 heavy (non-hydrogen) atoms. The molecule has 1 fully saturated rings. The maximum absolute atomic E-state index is 13.3. The molecule has 0 radical (unpaired) electrons. The molecule has 9 heteroatoms. The summed E-state index contributed by atoms with van der Waals surface area (Å²) < 4.78 is 13.2. The van der Waals surface area contributed by atoms with Gasteiger partial charge in [-0.1, -0.05) is 11.6 Å². The molecule has 1 aromatic heterocycles. The van der Waals surface area contributed by atoms with E-state index < -0.39 is 0 Å². The van der Waals surface area contributed by atoms with Crippen LogP contribution in [0.4, 0.5) is 0 Å². The van der Waals surface area contributed by atoms with E-state index in [-0.39, 0.29) is 24.8 Å². The van der Waals surface area contributed by atoms with Crippen LogP contribution in [0.25, 0.3) is 0 Å². The van der Waals surface area contributed by atoms with Crippen molar-refractivity contribution in [1.82, 2.24) is 14.7 Å². The van der Waals surface area contributed by atoms with Gasteiger partial charge in [0.25, 0.3) is 5.91 Å². The van der Waals surface area contributed by atoms with Crippen molar-refractivity contribution in [3.8, 4) is 11.8 Å². The highest BCUT2D eigenvalue weighted by molar-refractivity contribution is 6.33. The van der Waals surface area contributed by atoms with Crippen LogP contribution in [0.1, 0.15) is 71.4 Å². The summed E-state index contributed by atoms with van der Waals surface area (Å²) >= 11 is 12.4. The minimum atomic E-state index is -0.188. The highest BCUT2D eigenvalue weighted by Crippen LogP contribution is 2.43. The molecule has 1 saturated heterocycles. The first-order valence-electron chi connectivity index (χ1n) is 10.9. The smallest absolute Gasteiger partial charge is 0.257 e. The van der Waals surface area contributed by atoms with E-state index in [1.165, 1.54) is 0 Å². The van der Waals surface area contributed by atoms with Gasteiger partial charge in [-0.2, -0.15) is 10.4 Å². The highest BCUT2D eigenvalue weighted by atomic mass is 35.5. The van der Waals surface area contributed by atoms with E-state index >= 15 is 0 Å².